The van der Waals surface area contributed by atoms with Crippen molar-refractivity contribution >= 4 is 40.5 Å². The first-order valence-corrected chi connectivity index (χ1v) is 8.39. The van der Waals surface area contributed by atoms with E-state index in [2.05, 4.69) is 4.98 Å². The molecule has 0 amide bonds. The standard InChI is InChI=1S/C17H11Cl2NO2S/c18-13-3-1-2-12(16(13)19)14-9-23-15(20-14)8-10-4-6-11(7-5-10)17(21)22/h1-7,9H,8H2,(H,21,22). The van der Waals surface area contributed by atoms with E-state index in [1.807, 2.05) is 17.5 Å². The molecular weight excluding hydrogens is 353 g/mol. The molecule has 2 aromatic carbocycles. The second kappa shape index (κ2) is 6.71. The lowest BCUT2D eigenvalue weighted by Crippen LogP contribution is -1.96. The zero-order chi connectivity index (χ0) is 16.4. The number of carboxylic acids is 1. The molecule has 0 fully saturated rings. The summed E-state index contributed by atoms with van der Waals surface area (Å²) in [5, 5.41) is 12.8. The van der Waals surface area contributed by atoms with Crippen molar-refractivity contribution in [3.8, 4) is 11.3 Å². The Bertz CT molecular complexity index is 859. The van der Waals surface area contributed by atoms with Gasteiger partial charge in [0.1, 0.15) is 0 Å². The van der Waals surface area contributed by atoms with Crippen molar-refractivity contribution in [2.45, 2.75) is 6.42 Å². The van der Waals surface area contributed by atoms with Gasteiger partial charge in [-0.05, 0) is 23.8 Å². The van der Waals surface area contributed by atoms with Gasteiger partial charge < -0.3 is 5.11 Å². The average molecular weight is 364 g/mol. The van der Waals surface area contributed by atoms with Gasteiger partial charge in [-0.25, -0.2) is 9.78 Å². The van der Waals surface area contributed by atoms with Gasteiger partial charge in [-0.15, -0.1) is 11.3 Å². The monoisotopic (exact) mass is 363 g/mol. The van der Waals surface area contributed by atoms with Crippen molar-refractivity contribution in [1.82, 2.24) is 4.98 Å². The molecular formula is C17H11Cl2NO2S. The number of nitrogens with zero attached hydrogens (tertiary/aromatic N) is 1. The number of halogens is 2. The molecule has 0 aliphatic carbocycles. The zero-order valence-corrected chi connectivity index (χ0v) is 14.1. The van der Waals surface area contributed by atoms with Gasteiger partial charge in [0.05, 0.1) is 26.3 Å². The molecule has 6 heteroatoms. The van der Waals surface area contributed by atoms with E-state index in [9.17, 15) is 4.79 Å². The predicted molar refractivity (Wildman–Crippen MR) is 93.8 cm³/mol. The Kier molecular flexibility index (Phi) is 4.66. The van der Waals surface area contributed by atoms with Crippen LogP contribution in [0.3, 0.4) is 0 Å². The van der Waals surface area contributed by atoms with Crippen LogP contribution in [-0.2, 0) is 6.42 Å². The lowest BCUT2D eigenvalue weighted by molar-refractivity contribution is 0.0697. The third-order valence-corrected chi connectivity index (χ3v) is 5.00. The second-order valence-corrected chi connectivity index (χ2v) is 6.63. The van der Waals surface area contributed by atoms with Crippen LogP contribution >= 0.6 is 34.5 Å². The summed E-state index contributed by atoms with van der Waals surface area (Å²) in [6.45, 7) is 0. The van der Waals surface area contributed by atoms with E-state index in [0.29, 0.717) is 16.5 Å². The van der Waals surface area contributed by atoms with E-state index in [-0.39, 0.29) is 5.56 Å². The first-order chi connectivity index (χ1) is 11.0. The minimum Gasteiger partial charge on any atom is -0.478 e. The van der Waals surface area contributed by atoms with Crippen LogP contribution in [0.25, 0.3) is 11.3 Å². The molecule has 1 heterocycles. The first kappa shape index (κ1) is 16.0. The van der Waals surface area contributed by atoms with Crippen LogP contribution in [0.1, 0.15) is 20.9 Å². The van der Waals surface area contributed by atoms with Crippen molar-refractivity contribution in [2.75, 3.05) is 0 Å². The molecule has 0 atom stereocenters. The third kappa shape index (κ3) is 3.55. The molecule has 0 aliphatic rings. The van der Waals surface area contributed by atoms with Gasteiger partial charge in [0.15, 0.2) is 0 Å². The topological polar surface area (TPSA) is 50.2 Å². The highest BCUT2D eigenvalue weighted by Crippen LogP contribution is 2.34. The number of hydrogen-bond acceptors (Lipinski definition) is 3. The van der Waals surface area contributed by atoms with E-state index in [1.165, 1.54) is 11.3 Å². The highest BCUT2D eigenvalue weighted by atomic mass is 35.5. The van der Waals surface area contributed by atoms with E-state index in [0.717, 1.165) is 21.8 Å². The lowest BCUT2D eigenvalue weighted by Gasteiger charge is -2.02. The van der Waals surface area contributed by atoms with E-state index in [1.54, 1.807) is 30.3 Å². The van der Waals surface area contributed by atoms with Crippen LogP contribution in [-0.4, -0.2) is 16.1 Å². The van der Waals surface area contributed by atoms with Crippen LogP contribution in [0.2, 0.25) is 10.0 Å². The highest BCUT2D eigenvalue weighted by Gasteiger charge is 2.11. The van der Waals surface area contributed by atoms with Crippen LogP contribution in [0.15, 0.2) is 47.8 Å². The van der Waals surface area contributed by atoms with Gasteiger partial charge in [-0.3, -0.25) is 0 Å². The van der Waals surface area contributed by atoms with Crippen LogP contribution < -0.4 is 0 Å². The quantitative estimate of drug-likeness (QED) is 0.674. The fraction of sp³-hybridized carbons (Fsp3) is 0.0588. The molecule has 0 aliphatic heterocycles. The third-order valence-electron chi connectivity index (χ3n) is 3.34. The molecule has 116 valence electrons. The maximum atomic E-state index is 10.9. The fourth-order valence-corrected chi connectivity index (χ4v) is 3.38. The molecule has 0 spiro atoms. The largest absolute Gasteiger partial charge is 0.478 e. The van der Waals surface area contributed by atoms with Crippen molar-refractivity contribution < 1.29 is 9.90 Å². The Balaban J connectivity index is 1.82. The minimum absolute atomic E-state index is 0.277. The number of aromatic nitrogens is 1. The fourth-order valence-electron chi connectivity index (χ4n) is 2.16. The number of hydrogen-bond donors (Lipinski definition) is 1. The number of benzene rings is 2. The predicted octanol–water partition coefficient (Wildman–Crippen LogP) is 5.41. The molecule has 0 unspecified atom stereocenters. The highest BCUT2D eigenvalue weighted by molar-refractivity contribution is 7.10. The SMILES string of the molecule is O=C(O)c1ccc(Cc2nc(-c3cccc(Cl)c3Cl)cs2)cc1. The summed E-state index contributed by atoms with van der Waals surface area (Å²) < 4.78 is 0. The molecule has 23 heavy (non-hydrogen) atoms. The number of thiazole rings is 1. The summed E-state index contributed by atoms with van der Waals surface area (Å²) in [5.41, 5.74) is 2.88. The molecule has 1 N–H and O–H groups in total. The van der Waals surface area contributed by atoms with Gasteiger partial charge in [0.25, 0.3) is 0 Å². The van der Waals surface area contributed by atoms with Crippen molar-refractivity contribution in [1.29, 1.82) is 0 Å². The van der Waals surface area contributed by atoms with Crippen LogP contribution in [0, 0.1) is 0 Å². The Morgan fingerprint density at radius 2 is 1.87 bits per heavy atom. The van der Waals surface area contributed by atoms with E-state index >= 15 is 0 Å². The first-order valence-electron chi connectivity index (χ1n) is 6.75. The lowest BCUT2D eigenvalue weighted by atomic mass is 10.1. The number of carboxylic acid groups (broad SMARTS) is 1. The van der Waals surface area contributed by atoms with Gasteiger partial charge in [-0.1, -0.05) is 47.5 Å². The molecule has 1 aromatic heterocycles. The second-order valence-electron chi connectivity index (χ2n) is 4.91. The molecule has 0 saturated carbocycles. The molecule has 0 bridgehead atoms. The van der Waals surface area contributed by atoms with Gasteiger partial charge in [0.2, 0.25) is 0 Å². The van der Waals surface area contributed by atoms with E-state index in [4.69, 9.17) is 28.3 Å². The van der Waals surface area contributed by atoms with Crippen LogP contribution in [0.5, 0.6) is 0 Å². The van der Waals surface area contributed by atoms with Gasteiger partial charge >= 0.3 is 5.97 Å². The van der Waals surface area contributed by atoms with E-state index < -0.39 is 5.97 Å². The Hall–Kier alpha value is -1.88. The maximum absolute atomic E-state index is 10.9. The normalized spacial score (nSPS) is 10.7. The Morgan fingerprint density at radius 1 is 1.13 bits per heavy atom. The maximum Gasteiger partial charge on any atom is 0.335 e. The number of carbonyl (C=O) groups is 1. The van der Waals surface area contributed by atoms with Gasteiger partial charge in [0, 0.05) is 17.4 Å². The molecule has 3 rings (SSSR count). The summed E-state index contributed by atoms with van der Waals surface area (Å²) in [4.78, 5) is 15.5. The molecule has 0 saturated heterocycles. The minimum atomic E-state index is -0.927. The summed E-state index contributed by atoms with van der Waals surface area (Å²) in [6, 6.07) is 12.3. The van der Waals surface area contributed by atoms with Crippen LogP contribution in [0.4, 0.5) is 0 Å². The zero-order valence-electron chi connectivity index (χ0n) is 11.8. The van der Waals surface area contributed by atoms with Crippen molar-refractivity contribution in [3.63, 3.8) is 0 Å². The summed E-state index contributed by atoms with van der Waals surface area (Å²) >= 11 is 13.8. The number of rotatable bonds is 4. The molecule has 3 nitrogen and oxygen atoms in total. The van der Waals surface area contributed by atoms with Crippen molar-refractivity contribution in [2.24, 2.45) is 0 Å². The Morgan fingerprint density at radius 3 is 2.57 bits per heavy atom. The summed E-state index contributed by atoms with van der Waals surface area (Å²) in [7, 11) is 0. The average Bonchev–Trinajstić information content (AvgIpc) is 2.99. The summed E-state index contributed by atoms with van der Waals surface area (Å²) in [5.74, 6) is -0.927. The summed E-state index contributed by atoms with van der Waals surface area (Å²) in [6.07, 6.45) is 0.642. The van der Waals surface area contributed by atoms with Gasteiger partial charge in [-0.2, -0.15) is 0 Å². The van der Waals surface area contributed by atoms with Crippen molar-refractivity contribution in [3.05, 3.63) is 74.0 Å². The number of aromatic carboxylic acids is 1. The molecule has 0 radical (unpaired) electrons. The molecule has 3 aromatic rings. The Labute approximate surface area is 147 Å². The smallest absolute Gasteiger partial charge is 0.335 e.